The minimum atomic E-state index is -0.902. The number of amides is 2. The first kappa shape index (κ1) is 14.5. The van der Waals surface area contributed by atoms with E-state index in [-0.39, 0.29) is 11.4 Å². The number of thioether (sulfide) groups is 1. The molecule has 1 heterocycles. The molecule has 2 amide bonds. The molecule has 0 radical (unpaired) electrons. The number of carboxylic acids is 1. The average Bonchev–Trinajstić information content (AvgIpc) is 2.89. The van der Waals surface area contributed by atoms with Crippen LogP contribution in [0.1, 0.15) is 33.1 Å². The van der Waals surface area contributed by atoms with Crippen LogP contribution in [0.15, 0.2) is 0 Å². The van der Waals surface area contributed by atoms with Crippen molar-refractivity contribution in [1.82, 2.24) is 10.2 Å². The first-order valence-corrected chi connectivity index (χ1v) is 8.00. The Hall–Kier alpha value is -0.910. The van der Waals surface area contributed by atoms with Gasteiger partial charge in [0.05, 0.1) is 5.37 Å². The van der Waals surface area contributed by atoms with Crippen LogP contribution in [0.4, 0.5) is 4.79 Å². The third-order valence-corrected chi connectivity index (χ3v) is 5.30. The molecule has 2 rings (SSSR count). The zero-order chi connectivity index (χ0) is 14.0. The van der Waals surface area contributed by atoms with E-state index >= 15 is 0 Å². The lowest BCUT2D eigenvalue weighted by Gasteiger charge is -2.27. The number of nitrogens with one attached hydrogen (secondary N) is 1. The van der Waals surface area contributed by atoms with Crippen molar-refractivity contribution in [1.29, 1.82) is 0 Å². The van der Waals surface area contributed by atoms with Gasteiger partial charge in [0.2, 0.25) is 0 Å². The summed E-state index contributed by atoms with van der Waals surface area (Å²) in [5.74, 6) is 0.857. The highest BCUT2D eigenvalue weighted by Gasteiger charge is 2.42. The van der Waals surface area contributed by atoms with Gasteiger partial charge in [-0.25, -0.2) is 9.59 Å². The van der Waals surface area contributed by atoms with Crippen molar-refractivity contribution in [2.75, 3.05) is 12.3 Å². The van der Waals surface area contributed by atoms with Crippen LogP contribution in [0.25, 0.3) is 0 Å². The number of urea groups is 1. The lowest BCUT2D eigenvalue weighted by molar-refractivity contribution is -0.141. The van der Waals surface area contributed by atoms with E-state index in [1.54, 1.807) is 11.8 Å². The lowest BCUT2D eigenvalue weighted by atomic mass is 10.2. The number of carbonyl (C=O) groups is 2. The highest BCUT2D eigenvalue weighted by atomic mass is 32.2. The Morgan fingerprint density at radius 3 is 2.68 bits per heavy atom. The standard InChI is InChI=1S/C13H22N2O3S/c1-3-4-11-15(10(7-19-11)12(16)17)13(18)14-6-9-5-8(9)2/h8-11H,3-7H2,1-2H3,(H,14,18)(H,16,17). The monoisotopic (exact) mass is 286 g/mol. The molecule has 6 heteroatoms. The molecule has 1 aliphatic heterocycles. The molecule has 5 nitrogen and oxygen atoms in total. The maximum atomic E-state index is 12.2. The Morgan fingerprint density at radius 2 is 2.16 bits per heavy atom. The number of carbonyl (C=O) groups excluding carboxylic acids is 1. The maximum Gasteiger partial charge on any atom is 0.327 e. The SMILES string of the molecule is CCCC1SCC(C(=O)O)N1C(=O)NCC1CC1C. The summed E-state index contributed by atoms with van der Waals surface area (Å²) in [5.41, 5.74) is 0. The largest absolute Gasteiger partial charge is 0.480 e. The second-order valence-electron chi connectivity index (χ2n) is 5.50. The van der Waals surface area contributed by atoms with Crippen molar-refractivity contribution >= 4 is 23.8 Å². The van der Waals surface area contributed by atoms with Crippen LogP contribution >= 0.6 is 11.8 Å². The highest BCUT2D eigenvalue weighted by Crippen LogP contribution is 2.37. The van der Waals surface area contributed by atoms with E-state index in [1.807, 2.05) is 0 Å². The predicted octanol–water partition coefficient (Wildman–Crippen LogP) is 1.98. The Balaban J connectivity index is 1.94. The molecule has 4 unspecified atom stereocenters. The van der Waals surface area contributed by atoms with Gasteiger partial charge in [-0.3, -0.25) is 4.90 Å². The summed E-state index contributed by atoms with van der Waals surface area (Å²) < 4.78 is 0. The van der Waals surface area contributed by atoms with Gasteiger partial charge >= 0.3 is 12.0 Å². The van der Waals surface area contributed by atoms with E-state index in [2.05, 4.69) is 19.2 Å². The topological polar surface area (TPSA) is 69.6 Å². The summed E-state index contributed by atoms with van der Waals surface area (Å²) in [6, 6.07) is -0.895. The van der Waals surface area contributed by atoms with Gasteiger partial charge in [0, 0.05) is 12.3 Å². The van der Waals surface area contributed by atoms with E-state index in [4.69, 9.17) is 0 Å². The highest BCUT2D eigenvalue weighted by molar-refractivity contribution is 8.00. The Kier molecular flexibility index (Phi) is 4.60. The van der Waals surface area contributed by atoms with Gasteiger partial charge in [0.15, 0.2) is 0 Å². The summed E-state index contributed by atoms with van der Waals surface area (Å²) in [6.45, 7) is 4.89. The van der Waals surface area contributed by atoms with Gasteiger partial charge in [-0.15, -0.1) is 11.8 Å². The second-order valence-corrected chi connectivity index (χ2v) is 6.71. The van der Waals surface area contributed by atoms with Gasteiger partial charge < -0.3 is 10.4 Å². The lowest BCUT2D eigenvalue weighted by Crippen LogP contribution is -2.50. The molecule has 0 spiro atoms. The summed E-state index contributed by atoms with van der Waals surface area (Å²) >= 11 is 1.57. The smallest absolute Gasteiger partial charge is 0.327 e. The zero-order valence-electron chi connectivity index (χ0n) is 11.5. The summed E-state index contributed by atoms with van der Waals surface area (Å²) in [4.78, 5) is 25.0. The maximum absolute atomic E-state index is 12.2. The van der Waals surface area contributed by atoms with E-state index in [1.165, 1.54) is 4.90 Å². The molecule has 4 atom stereocenters. The van der Waals surface area contributed by atoms with Crippen LogP contribution in [0.2, 0.25) is 0 Å². The number of hydrogen-bond donors (Lipinski definition) is 2. The van der Waals surface area contributed by atoms with Crippen LogP contribution in [0, 0.1) is 11.8 Å². The Labute approximate surface area is 118 Å². The van der Waals surface area contributed by atoms with Crippen molar-refractivity contribution in [2.45, 2.75) is 44.5 Å². The van der Waals surface area contributed by atoms with Crippen molar-refractivity contribution in [3.8, 4) is 0 Å². The fourth-order valence-corrected chi connectivity index (χ4v) is 4.00. The molecular formula is C13H22N2O3S. The molecule has 19 heavy (non-hydrogen) atoms. The quantitative estimate of drug-likeness (QED) is 0.811. The molecule has 2 aliphatic rings. The molecule has 2 fully saturated rings. The van der Waals surface area contributed by atoms with Crippen LogP contribution < -0.4 is 5.32 Å². The Bertz CT molecular complexity index is 364. The fourth-order valence-electron chi connectivity index (χ4n) is 2.49. The zero-order valence-corrected chi connectivity index (χ0v) is 12.3. The van der Waals surface area contributed by atoms with Gasteiger partial charge in [-0.1, -0.05) is 20.3 Å². The van der Waals surface area contributed by atoms with Crippen molar-refractivity contribution in [2.24, 2.45) is 11.8 Å². The number of aliphatic carboxylic acids is 1. The molecule has 0 bridgehead atoms. The normalized spacial score (nSPS) is 33.3. The fraction of sp³-hybridized carbons (Fsp3) is 0.846. The Morgan fingerprint density at radius 1 is 1.47 bits per heavy atom. The summed E-state index contributed by atoms with van der Waals surface area (Å²) in [5, 5.41) is 12.1. The van der Waals surface area contributed by atoms with Crippen molar-refractivity contribution in [3.05, 3.63) is 0 Å². The number of hydrogen-bond acceptors (Lipinski definition) is 3. The molecule has 108 valence electrons. The first-order chi connectivity index (χ1) is 9.04. The number of carboxylic acid groups (broad SMARTS) is 1. The number of nitrogens with zero attached hydrogens (tertiary/aromatic N) is 1. The molecule has 0 aromatic carbocycles. The van der Waals surface area contributed by atoms with Crippen molar-refractivity contribution < 1.29 is 14.7 Å². The molecule has 1 saturated carbocycles. The predicted molar refractivity (Wildman–Crippen MR) is 75.1 cm³/mol. The van der Waals surface area contributed by atoms with Gasteiger partial charge in [0.1, 0.15) is 6.04 Å². The third-order valence-electron chi connectivity index (χ3n) is 3.94. The molecule has 1 aliphatic carbocycles. The first-order valence-electron chi connectivity index (χ1n) is 6.95. The van der Waals surface area contributed by atoms with E-state index in [9.17, 15) is 14.7 Å². The van der Waals surface area contributed by atoms with Crippen LogP contribution in [-0.2, 0) is 4.79 Å². The molecule has 0 aromatic heterocycles. The second kappa shape index (κ2) is 6.03. The van der Waals surface area contributed by atoms with Gasteiger partial charge in [-0.2, -0.15) is 0 Å². The van der Waals surface area contributed by atoms with Crippen LogP contribution in [-0.4, -0.2) is 45.7 Å². The third kappa shape index (κ3) is 3.35. The minimum absolute atomic E-state index is 0.00252. The van der Waals surface area contributed by atoms with Crippen LogP contribution in [0.5, 0.6) is 0 Å². The number of rotatable bonds is 5. The van der Waals surface area contributed by atoms with Crippen molar-refractivity contribution in [3.63, 3.8) is 0 Å². The van der Waals surface area contributed by atoms with E-state index in [0.29, 0.717) is 24.1 Å². The van der Waals surface area contributed by atoms with Gasteiger partial charge in [0.25, 0.3) is 0 Å². The average molecular weight is 286 g/mol. The van der Waals surface area contributed by atoms with E-state index in [0.717, 1.165) is 19.3 Å². The summed E-state index contributed by atoms with van der Waals surface area (Å²) in [7, 11) is 0. The molecule has 2 N–H and O–H groups in total. The minimum Gasteiger partial charge on any atom is -0.480 e. The van der Waals surface area contributed by atoms with Crippen LogP contribution in [0.3, 0.4) is 0 Å². The molecule has 0 aromatic rings. The molecule has 1 saturated heterocycles. The summed E-state index contributed by atoms with van der Waals surface area (Å²) in [6.07, 6.45) is 2.96. The molecular weight excluding hydrogens is 264 g/mol. The van der Waals surface area contributed by atoms with Gasteiger partial charge in [-0.05, 0) is 24.7 Å². The van der Waals surface area contributed by atoms with E-state index < -0.39 is 12.0 Å².